The van der Waals surface area contributed by atoms with E-state index in [2.05, 4.69) is 0 Å². The van der Waals surface area contributed by atoms with Gasteiger partial charge in [-0.2, -0.15) is 0 Å². The van der Waals surface area contributed by atoms with Crippen LogP contribution < -0.4 is 4.74 Å². The van der Waals surface area contributed by atoms with Crippen molar-refractivity contribution in [3.8, 4) is 5.75 Å². The largest absolute Gasteiger partial charge is 0.488 e. The van der Waals surface area contributed by atoms with Gasteiger partial charge in [0.25, 0.3) is 0 Å². The summed E-state index contributed by atoms with van der Waals surface area (Å²) in [6, 6.07) is 9.53. The highest BCUT2D eigenvalue weighted by molar-refractivity contribution is 6.32. The lowest BCUT2D eigenvalue weighted by Gasteiger charge is -2.12. The number of halogens is 2. The summed E-state index contributed by atoms with van der Waals surface area (Å²) in [5, 5.41) is 10.3. The zero-order chi connectivity index (χ0) is 17.4. The standard InChI is InChI=1S/C18H14Cl2O4/c1-2-14-15(18(22)23)12-7-11(20)8-13(17(12)24-14)16(21)9-3-5-10(19)6-4-9/h3-8,14-15H,2H2,1H3,(H,22,23). The number of carbonyl (C=O) groups is 2. The van der Waals surface area contributed by atoms with E-state index in [9.17, 15) is 14.7 Å². The van der Waals surface area contributed by atoms with Gasteiger partial charge >= 0.3 is 5.97 Å². The molecule has 0 saturated carbocycles. The third-order valence-electron chi connectivity index (χ3n) is 4.08. The lowest BCUT2D eigenvalue weighted by atomic mass is 9.91. The van der Waals surface area contributed by atoms with E-state index in [1.54, 1.807) is 30.3 Å². The zero-order valence-electron chi connectivity index (χ0n) is 12.8. The molecular formula is C18H14Cl2O4. The Morgan fingerprint density at radius 1 is 1.12 bits per heavy atom. The molecule has 3 rings (SSSR count). The van der Waals surface area contributed by atoms with Gasteiger partial charge in [0.2, 0.25) is 0 Å². The number of carboxylic acids is 1. The molecule has 1 heterocycles. The number of benzene rings is 2. The van der Waals surface area contributed by atoms with Crippen LogP contribution in [0.4, 0.5) is 0 Å². The van der Waals surface area contributed by atoms with Crippen LogP contribution in [0.15, 0.2) is 36.4 Å². The lowest BCUT2D eigenvalue weighted by molar-refractivity contribution is -0.140. The topological polar surface area (TPSA) is 63.6 Å². The number of carboxylic acid groups (broad SMARTS) is 1. The van der Waals surface area contributed by atoms with Gasteiger partial charge < -0.3 is 9.84 Å². The van der Waals surface area contributed by atoms with Gasteiger partial charge in [-0.3, -0.25) is 9.59 Å². The molecule has 0 aromatic heterocycles. The number of rotatable bonds is 4. The molecule has 0 bridgehead atoms. The van der Waals surface area contributed by atoms with E-state index >= 15 is 0 Å². The van der Waals surface area contributed by atoms with Crippen LogP contribution in [0, 0.1) is 0 Å². The van der Waals surface area contributed by atoms with Crippen molar-refractivity contribution in [1.29, 1.82) is 0 Å². The first-order valence-electron chi connectivity index (χ1n) is 7.45. The van der Waals surface area contributed by atoms with Gasteiger partial charge in [-0.1, -0.05) is 30.1 Å². The highest BCUT2D eigenvalue weighted by Crippen LogP contribution is 2.44. The van der Waals surface area contributed by atoms with E-state index in [1.165, 1.54) is 6.07 Å². The maximum Gasteiger partial charge on any atom is 0.314 e. The van der Waals surface area contributed by atoms with Crippen molar-refractivity contribution >= 4 is 35.0 Å². The van der Waals surface area contributed by atoms with Gasteiger partial charge in [0.1, 0.15) is 17.8 Å². The second-order valence-electron chi connectivity index (χ2n) is 5.59. The van der Waals surface area contributed by atoms with E-state index < -0.39 is 18.0 Å². The highest BCUT2D eigenvalue weighted by atomic mass is 35.5. The minimum absolute atomic E-state index is 0.266. The van der Waals surface area contributed by atoms with Crippen molar-refractivity contribution in [3.63, 3.8) is 0 Å². The first kappa shape index (κ1) is 16.8. The molecule has 0 fully saturated rings. The Morgan fingerprint density at radius 3 is 2.38 bits per heavy atom. The summed E-state index contributed by atoms with van der Waals surface area (Å²) in [4.78, 5) is 24.4. The molecular weight excluding hydrogens is 351 g/mol. The number of hydrogen-bond acceptors (Lipinski definition) is 3. The fourth-order valence-corrected chi connectivity index (χ4v) is 3.29. The molecule has 0 amide bonds. The van der Waals surface area contributed by atoms with Gasteiger partial charge in [-0.15, -0.1) is 0 Å². The van der Waals surface area contributed by atoms with E-state index in [0.29, 0.717) is 33.3 Å². The van der Waals surface area contributed by atoms with E-state index in [4.69, 9.17) is 27.9 Å². The smallest absolute Gasteiger partial charge is 0.314 e. The third kappa shape index (κ3) is 2.87. The number of aliphatic carboxylic acids is 1. The summed E-state index contributed by atoms with van der Waals surface area (Å²) in [6.45, 7) is 1.84. The Morgan fingerprint density at radius 2 is 1.79 bits per heavy atom. The average molecular weight is 365 g/mol. The normalized spacial score (nSPS) is 18.8. The van der Waals surface area contributed by atoms with Gasteiger partial charge in [0.05, 0.1) is 5.56 Å². The Kier molecular flexibility index (Phi) is 4.52. The summed E-state index contributed by atoms with van der Waals surface area (Å²) in [7, 11) is 0. The highest BCUT2D eigenvalue weighted by Gasteiger charge is 2.41. The molecule has 0 aliphatic carbocycles. The molecule has 2 unspecified atom stereocenters. The summed E-state index contributed by atoms with van der Waals surface area (Å²) in [5.41, 5.74) is 1.14. The van der Waals surface area contributed by atoms with Gasteiger partial charge in [-0.05, 0) is 42.8 Å². The van der Waals surface area contributed by atoms with Crippen LogP contribution in [0.5, 0.6) is 5.75 Å². The van der Waals surface area contributed by atoms with E-state index in [-0.39, 0.29) is 11.3 Å². The molecule has 2 aromatic carbocycles. The van der Waals surface area contributed by atoms with Crippen molar-refractivity contribution < 1.29 is 19.4 Å². The Balaban J connectivity index is 2.11. The number of hydrogen-bond donors (Lipinski definition) is 1. The van der Waals surface area contributed by atoms with Crippen LogP contribution in [-0.2, 0) is 4.79 Å². The van der Waals surface area contributed by atoms with Crippen LogP contribution >= 0.6 is 23.2 Å². The van der Waals surface area contributed by atoms with Crippen molar-refractivity contribution in [2.24, 2.45) is 0 Å². The van der Waals surface area contributed by atoms with Gasteiger partial charge in [0, 0.05) is 21.2 Å². The molecule has 0 radical (unpaired) electrons. The van der Waals surface area contributed by atoms with Crippen LogP contribution in [-0.4, -0.2) is 23.0 Å². The van der Waals surface area contributed by atoms with Crippen LogP contribution in [0.3, 0.4) is 0 Å². The first-order valence-corrected chi connectivity index (χ1v) is 8.21. The summed E-state index contributed by atoms with van der Waals surface area (Å²) < 4.78 is 5.80. The summed E-state index contributed by atoms with van der Waals surface area (Å²) in [6.07, 6.45) is -0.00887. The summed E-state index contributed by atoms with van der Waals surface area (Å²) in [5.74, 6) is -1.81. The molecule has 4 nitrogen and oxygen atoms in total. The molecule has 124 valence electrons. The fraction of sp³-hybridized carbons (Fsp3) is 0.222. The van der Waals surface area contributed by atoms with Crippen LogP contribution in [0.25, 0.3) is 0 Å². The minimum Gasteiger partial charge on any atom is -0.488 e. The predicted molar refractivity (Wildman–Crippen MR) is 91.4 cm³/mol. The quantitative estimate of drug-likeness (QED) is 0.807. The second kappa shape index (κ2) is 6.46. The fourth-order valence-electron chi connectivity index (χ4n) is 2.93. The Bertz CT molecular complexity index is 815. The Hall–Kier alpha value is -2.04. The maximum absolute atomic E-state index is 12.8. The molecule has 0 saturated heterocycles. The van der Waals surface area contributed by atoms with E-state index in [0.717, 1.165) is 0 Å². The summed E-state index contributed by atoms with van der Waals surface area (Å²) >= 11 is 12.0. The Labute approximate surface area is 149 Å². The molecule has 1 aliphatic rings. The number of ketones is 1. The number of ether oxygens (including phenoxy) is 1. The van der Waals surface area contributed by atoms with Crippen molar-refractivity contribution in [3.05, 3.63) is 63.1 Å². The monoisotopic (exact) mass is 364 g/mol. The molecule has 24 heavy (non-hydrogen) atoms. The van der Waals surface area contributed by atoms with Crippen molar-refractivity contribution in [2.75, 3.05) is 0 Å². The van der Waals surface area contributed by atoms with Gasteiger partial charge in [0.15, 0.2) is 5.78 Å². The lowest BCUT2D eigenvalue weighted by Crippen LogP contribution is -2.24. The number of carbonyl (C=O) groups excluding carboxylic acids is 1. The molecule has 2 atom stereocenters. The number of fused-ring (bicyclic) bond motifs is 1. The van der Waals surface area contributed by atoms with Crippen LogP contribution in [0.1, 0.15) is 40.7 Å². The molecule has 0 spiro atoms. The van der Waals surface area contributed by atoms with Crippen molar-refractivity contribution in [2.45, 2.75) is 25.4 Å². The maximum atomic E-state index is 12.8. The molecule has 1 aliphatic heterocycles. The van der Waals surface area contributed by atoms with Gasteiger partial charge in [-0.25, -0.2) is 0 Å². The molecule has 2 aromatic rings. The molecule has 1 N–H and O–H groups in total. The minimum atomic E-state index is -0.993. The SMILES string of the molecule is CCC1Oc2c(C(=O)c3ccc(Cl)cc3)cc(Cl)cc2C1C(=O)O. The third-order valence-corrected chi connectivity index (χ3v) is 4.55. The molecule has 6 heteroatoms. The van der Waals surface area contributed by atoms with Crippen molar-refractivity contribution in [1.82, 2.24) is 0 Å². The van der Waals surface area contributed by atoms with E-state index in [1.807, 2.05) is 6.92 Å². The zero-order valence-corrected chi connectivity index (χ0v) is 14.3. The first-order chi connectivity index (χ1) is 11.4. The average Bonchev–Trinajstić information content (AvgIpc) is 2.92. The second-order valence-corrected chi connectivity index (χ2v) is 6.46. The predicted octanol–water partition coefficient (Wildman–Crippen LogP) is 4.56. The van der Waals surface area contributed by atoms with Crippen LogP contribution in [0.2, 0.25) is 10.0 Å².